The SMILES string of the molecule is CC(C)c1nc2cc(N)ccc2s1.CC(C)c1nc2cc(N)ccc2s1. The Morgan fingerprint density at radius 3 is 1.42 bits per heavy atom. The number of nitrogens with zero attached hydrogens (tertiary/aromatic N) is 2. The molecule has 0 aliphatic carbocycles. The predicted octanol–water partition coefficient (Wildman–Crippen LogP) is 6.00. The fourth-order valence-corrected chi connectivity index (χ4v) is 4.32. The number of aromatic nitrogens is 2. The number of hydrogen-bond donors (Lipinski definition) is 2. The second kappa shape index (κ2) is 7.60. The molecule has 0 spiro atoms. The van der Waals surface area contributed by atoms with E-state index < -0.39 is 0 Å². The number of anilines is 2. The first-order valence-corrected chi connectivity index (χ1v) is 10.3. The number of benzene rings is 2. The van der Waals surface area contributed by atoms with Crippen molar-refractivity contribution in [3.8, 4) is 0 Å². The van der Waals surface area contributed by atoms with Gasteiger partial charge in [0.2, 0.25) is 0 Å². The van der Waals surface area contributed by atoms with Crippen molar-refractivity contribution < 1.29 is 0 Å². The lowest BCUT2D eigenvalue weighted by Gasteiger charge is -1.94. The minimum absolute atomic E-state index is 0.499. The molecule has 0 saturated heterocycles. The van der Waals surface area contributed by atoms with E-state index in [1.165, 1.54) is 19.4 Å². The molecule has 0 amide bonds. The molecular weight excluding hydrogens is 360 g/mol. The standard InChI is InChI=1S/2C10H12N2S/c2*1-6(2)10-12-8-5-7(11)3-4-9(8)13-10/h2*3-6H,11H2,1-2H3. The Labute approximate surface area is 161 Å². The van der Waals surface area contributed by atoms with E-state index in [1.807, 2.05) is 36.4 Å². The molecule has 0 radical (unpaired) electrons. The third-order valence-electron chi connectivity index (χ3n) is 3.84. The van der Waals surface area contributed by atoms with E-state index in [0.29, 0.717) is 11.8 Å². The van der Waals surface area contributed by atoms with Gasteiger partial charge in [0.1, 0.15) is 0 Å². The fourth-order valence-electron chi connectivity index (χ4n) is 2.42. The van der Waals surface area contributed by atoms with Crippen LogP contribution in [0.25, 0.3) is 20.4 Å². The van der Waals surface area contributed by atoms with Crippen LogP contribution >= 0.6 is 22.7 Å². The maximum absolute atomic E-state index is 5.67. The van der Waals surface area contributed by atoms with E-state index in [0.717, 1.165) is 22.4 Å². The van der Waals surface area contributed by atoms with E-state index in [-0.39, 0.29) is 0 Å². The van der Waals surface area contributed by atoms with Crippen LogP contribution in [-0.4, -0.2) is 9.97 Å². The molecule has 4 nitrogen and oxygen atoms in total. The summed E-state index contributed by atoms with van der Waals surface area (Å²) in [6, 6.07) is 11.8. The number of nitrogens with two attached hydrogens (primary N) is 2. The maximum Gasteiger partial charge on any atom is 0.0964 e. The van der Waals surface area contributed by atoms with Crippen molar-refractivity contribution >= 4 is 54.5 Å². The molecule has 0 unspecified atom stereocenters. The topological polar surface area (TPSA) is 77.8 Å². The number of thiazole rings is 2. The summed E-state index contributed by atoms with van der Waals surface area (Å²) in [4.78, 5) is 9.02. The lowest BCUT2D eigenvalue weighted by molar-refractivity contribution is 0.857. The molecule has 4 N–H and O–H groups in total. The molecule has 0 bridgehead atoms. The van der Waals surface area contributed by atoms with E-state index in [9.17, 15) is 0 Å². The number of hydrogen-bond acceptors (Lipinski definition) is 6. The average Bonchev–Trinajstić information content (AvgIpc) is 3.18. The Morgan fingerprint density at radius 2 is 1.08 bits per heavy atom. The summed E-state index contributed by atoms with van der Waals surface area (Å²) in [5.41, 5.74) is 15.0. The quantitative estimate of drug-likeness (QED) is 0.415. The van der Waals surface area contributed by atoms with E-state index in [4.69, 9.17) is 11.5 Å². The number of nitrogen functional groups attached to an aromatic ring is 2. The van der Waals surface area contributed by atoms with Gasteiger partial charge in [-0.1, -0.05) is 27.7 Å². The molecule has 2 heterocycles. The Balaban J connectivity index is 0.000000151. The molecule has 26 heavy (non-hydrogen) atoms. The smallest absolute Gasteiger partial charge is 0.0964 e. The third kappa shape index (κ3) is 4.14. The van der Waals surface area contributed by atoms with Crippen LogP contribution in [0.3, 0.4) is 0 Å². The van der Waals surface area contributed by atoms with Gasteiger partial charge in [-0.25, -0.2) is 9.97 Å². The van der Waals surface area contributed by atoms with Gasteiger partial charge in [0.25, 0.3) is 0 Å². The normalized spacial score (nSPS) is 11.3. The molecule has 0 saturated carbocycles. The lowest BCUT2D eigenvalue weighted by Crippen LogP contribution is -1.84. The summed E-state index contributed by atoms with van der Waals surface area (Å²) in [5.74, 6) is 0.997. The van der Waals surface area contributed by atoms with Gasteiger partial charge < -0.3 is 11.5 Å². The molecule has 4 aromatic rings. The molecule has 0 fully saturated rings. The highest BCUT2D eigenvalue weighted by atomic mass is 32.1. The van der Waals surface area contributed by atoms with Crippen LogP contribution < -0.4 is 11.5 Å². The summed E-state index contributed by atoms with van der Waals surface area (Å²) in [6.07, 6.45) is 0. The van der Waals surface area contributed by atoms with Crippen molar-refractivity contribution in [1.82, 2.24) is 9.97 Å². The number of rotatable bonds is 2. The molecular formula is C20H24N4S2. The number of fused-ring (bicyclic) bond motifs is 2. The molecule has 2 aromatic heterocycles. The Hall–Kier alpha value is -2.18. The second-order valence-electron chi connectivity index (χ2n) is 6.87. The fraction of sp³-hybridized carbons (Fsp3) is 0.300. The van der Waals surface area contributed by atoms with Crippen LogP contribution in [0.4, 0.5) is 11.4 Å². The highest BCUT2D eigenvalue weighted by Gasteiger charge is 2.07. The Bertz CT molecular complexity index is 947. The molecule has 0 atom stereocenters. The maximum atomic E-state index is 5.67. The second-order valence-corrected chi connectivity index (χ2v) is 8.99. The van der Waals surface area contributed by atoms with E-state index >= 15 is 0 Å². The van der Waals surface area contributed by atoms with Crippen LogP contribution in [-0.2, 0) is 0 Å². The van der Waals surface area contributed by atoms with Crippen molar-refractivity contribution in [2.24, 2.45) is 0 Å². The van der Waals surface area contributed by atoms with Crippen LogP contribution in [0.5, 0.6) is 0 Å². The van der Waals surface area contributed by atoms with E-state index in [2.05, 4.69) is 37.7 Å². The summed E-state index contributed by atoms with van der Waals surface area (Å²) in [6.45, 7) is 8.62. The van der Waals surface area contributed by atoms with Crippen molar-refractivity contribution in [1.29, 1.82) is 0 Å². The first-order valence-electron chi connectivity index (χ1n) is 8.65. The summed E-state index contributed by atoms with van der Waals surface area (Å²) < 4.78 is 2.44. The van der Waals surface area contributed by atoms with Crippen molar-refractivity contribution in [3.05, 3.63) is 46.4 Å². The molecule has 136 valence electrons. The highest BCUT2D eigenvalue weighted by Crippen LogP contribution is 2.29. The Kier molecular flexibility index (Phi) is 5.44. The first kappa shape index (κ1) is 18.6. The van der Waals surface area contributed by atoms with Gasteiger partial charge in [-0.15, -0.1) is 22.7 Å². The zero-order valence-electron chi connectivity index (χ0n) is 15.5. The minimum Gasteiger partial charge on any atom is -0.399 e. The highest BCUT2D eigenvalue weighted by molar-refractivity contribution is 7.19. The summed E-state index contributed by atoms with van der Waals surface area (Å²) in [7, 11) is 0. The van der Waals surface area contributed by atoms with Gasteiger partial charge in [-0.05, 0) is 36.4 Å². The van der Waals surface area contributed by atoms with Crippen molar-refractivity contribution in [2.75, 3.05) is 11.5 Å². The molecule has 6 heteroatoms. The van der Waals surface area contributed by atoms with Crippen LogP contribution in [0.1, 0.15) is 49.5 Å². The molecule has 0 aliphatic rings. The van der Waals surface area contributed by atoms with Gasteiger partial charge in [0.05, 0.1) is 30.4 Å². The zero-order chi connectivity index (χ0) is 18.8. The first-order chi connectivity index (χ1) is 12.3. The van der Waals surface area contributed by atoms with E-state index in [1.54, 1.807) is 22.7 Å². The summed E-state index contributed by atoms with van der Waals surface area (Å²) >= 11 is 3.49. The van der Waals surface area contributed by atoms with Crippen molar-refractivity contribution in [3.63, 3.8) is 0 Å². The average molecular weight is 385 g/mol. The molecule has 0 aliphatic heterocycles. The van der Waals surface area contributed by atoms with Gasteiger partial charge in [0, 0.05) is 23.2 Å². The molecule has 2 aromatic carbocycles. The summed E-state index contributed by atoms with van der Waals surface area (Å²) in [5, 5.41) is 2.36. The zero-order valence-corrected chi connectivity index (χ0v) is 17.1. The monoisotopic (exact) mass is 384 g/mol. The van der Waals surface area contributed by atoms with Gasteiger partial charge in [-0.3, -0.25) is 0 Å². The van der Waals surface area contributed by atoms with Crippen molar-refractivity contribution in [2.45, 2.75) is 39.5 Å². The van der Waals surface area contributed by atoms with Gasteiger partial charge in [-0.2, -0.15) is 0 Å². The van der Waals surface area contributed by atoms with Crippen LogP contribution in [0.2, 0.25) is 0 Å². The minimum atomic E-state index is 0.499. The van der Waals surface area contributed by atoms with Gasteiger partial charge in [0.15, 0.2) is 0 Å². The third-order valence-corrected chi connectivity index (χ3v) is 6.52. The molecule has 4 rings (SSSR count). The predicted molar refractivity (Wildman–Crippen MR) is 116 cm³/mol. The van der Waals surface area contributed by atoms with Crippen LogP contribution in [0.15, 0.2) is 36.4 Å². The largest absolute Gasteiger partial charge is 0.399 e. The van der Waals surface area contributed by atoms with Crippen LogP contribution in [0, 0.1) is 0 Å². The van der Waals surface area contributed by atoms with Gasteiger partial charge >= 0.3 is 0 Å². The lowest BCUT2D eigenvalue weighted by atomic mass is 10.2. The Morgan fingerprint density at radius 1 is 0.692 bits per heavy atom.